The van der Waals surface area contributed by atoms with E-state index in [0.29, 0.717) is 0 Å². The molecule has 2 rings (SSSR count). The summed E-state index contributed by atoms with van der Waals surface area (Å²) in [5, 5.41) is 2.93. The number of thiazole rings is 1. The molecule has 0 aliphatic rings. The van der Waals surface area contributed by atoms with E-state index in [-0.39, 0.29) is 5.91 Å². The number of hydrogen-bond donors (Lipinski definition) is 2. The molecule has 0 saturated heterocycles. The van der Waals surface area contributed by atoms with Gasteiger partial charge in [-0.1, -0.05) is 0 Å². The smallest absolute Gasteiger partial charge is 0.231 e. The first kappa shape index (κ1) is 14.0. The molecule has 4 nitrogen and oxygen atoms in total. The molecule has 1 aromatic heterocycles. The molecule has 0 aliphatic heterocycles. The number of nitrogens with two attached hydrogens (primary N) is 1. The largest absolute Gasteiger partial charge is 0.326 e. The fourth-order valence-corrected chi connectivity index (χ4v) is 2.23. The molecule has 102 valence electrons. The van der Waals surface area contributed by atoms with Gasteiger partial charge in [-0.25, -0.2) is 4.98 Å². The number of carbonyl (C=O) groups is 1. The maximum atomic E-state index is 12.4. The van der Waals surface area contributed by atoms with Gasteiger partial charge >= 0.3 is 0 Å². The van der Waals surface area contributed by atoms with Gasteiger partial charge in [0.1, 0.15) is 0 Å². The maximum Gasteiger partial charge on any atom is 0.231 e. The van der Waals surface area contributed by atoms with Crippen molar-refractivity contribution >= 4 is 33.1 Å². The lowest BCUT2D eigenvalue weighted by molar-refractivity contribution is -0.126. The molecule has 0 bridgehead atoms. The number of fused-ring (bicyclic) bond motifs is 1. The van der Waals surface area contributed by atoms with Crippen molar-refractivity contribution in [3.8, 4) is 0 Å². The predicted octanol–water partition coefficient (Wildman–Crippen LogP) is 3.00. The molecule has 0 fully saturated rings. The Kier molecular flexibility index (Phi) is 3.36. The Morgan fingerprint density at radius 1 is 1.32 bits per heavy atom. The van der Waals surface area contributed by atoms with E-state index in [2.05, 4.69) is 10.3 Å². The fraction of sp³-hybridized carbons (Fsp3) is 0.429. The molecule has 0 atom stereocenters. The van der Waals surface area contributed by atoms with E-state index in [1.807, 2.05) is 45.9 Å². The van der Waals surface area contributed by atoms with Crippen molar-refractivity contribution in [2.24, 2.45) is 11.1 Å². The molecule has 0 spiro atoms. The van der Waals surface area contributed by atoms with Gasteiger partial charge in [0.15, 0.2) is 0 Å². The SMILES string of the molecule is CC(C)(N)C(C)(C)C(=O)Nc1ccc2ncsc2c1. The highest BCUT2D eigenvalue weighted by molar-refractivity contribution is 7.16. The lowest BCUT2D eigenvalue weighted by Gasteiger charge is -2.36. The molecule has 1 aromatic carbocycles. The maximum absolute atomic E-state index is 12.4. The number of nitrogens with zero attached hydrogens (tertiary/aromatic N) is 1. The fourth-order valence-electron chi connectivity index (χ4n) is 1.51. The zero-order valence-electron chi connectivity index (χ0n) is 11.7. The first-order chi connectivity index (χ1) is 8.72. The number of amides is 1. The lowest BCUT2D eigenvalue weighted by atomic mass is 9.74. The van der Waals surface area contributed by atoms with Gasteiger partial charge in [0, 0.05) is 11.2 Å². The van der Waals surface area contributed by atoms with Crippen molar-refractivity contribution in [3.05, 3.63) is 23.7 Å². The minimum atomic E-state index is -0.657. The number of rotatable bonds is 3. The second-order valence-corrected chi connectivity index (χ2v) is 6.72. The van der Waals surface area contributed by atoms with Crippen LogP contribution in [0, 0.1) is 5.41 Å². The Balaban J connectivity index is 2.23. The summed E-state index contributed by atoms with van der Waals surface area (Å²) in [4.78, 5) is 16.6. The van der Waals surface area contributed by atoms with Crippen LogP contribution < -0.4 is 11.1 Å². The average Bonchev–Trinajstić information content (AvgIpc) is 2.74. The van der Waals surface area contributed by atoms with Gasteiger partial charge in [-0.3, -0.25) is 4.79 Å². The first-order valence-electron chi connectivity index (χ1n) is 6.15. The van der Waals surface area contributed by atoms with Gasteiger partial charge in [-0.15, -0.1) is 11.3 Å². The predicted molar refractivity (Wildman–Crippen MR) is 80.3 cm³/mol. The second-order valence-electron chi connectivity index (χ2n) is 5.84. The van der Waals surface area contributed by atoms with Crippen LogP contribution in [-0.2, 0) is 4.79 Å². The summed E-state index contributed by atoms with van der Waals surface area (Å²) in [6, 6.07) is 5.70. The summed E-state index contributed by atoms with van der Waals surface area (Å²) in [6.45, 7) is 7.43. The molecule has 2 aromatic rings. The zero-order valence-corrected chi connectivity index (χ0v) is 12.5. The second kappa shape index (κ2) is 4.58. The van der Waals surface area contributed by atoms with Crippen LogP contribution in [0.15, 0.2) is 23.7 Å². The highest BCUT2D eigenvalue weighted by Gasteiger charge is 2.40. The Labute approximate surface area is 117 Å². The van der Waals surface area contributed by atoms with Crippen molar-refractivity contribution in [1.29, 1.82) is 0 Å². The standard InChI is InChI=1S/C14H19N3OS/c1-13(2,14(3,4)15)12(18)17-9-5-6-10-11(7-9)19-8-16-10/h5-8H,15H2,1-4H3,(H,17,18). The van der Waals surface area contributed by atoms with Crippen molar-refractivity contribution in [2.45, 2.75) is 33.2 Å². The molecular formula is C14H19N3OS. The monoisotopic (exact) mass is 277 g/mol. The molecule has 3 N–H and O–H groups in total. The van der Waals surface area contributed by atoms with Gasteiger partial charge in [-0.05, 0) is 45.9 Å². The van der Waals surface area contributed by atoms with E-state index in [4.69, 9.17) is 5.73 Å². The third-order valence-corrected chi connectivity index (χ3v) is 4.56. The summed E-state index contributed by atoms with van der Waals surface area (Å²) < 4.78 is 1.06. The van der Waals surface area contributed by atoms with Crippen molar-refractivity contribution in [3.63, 3.8) is 0 Å². The molecule has 5 heteroatoms. The summed E-state index contributed by atoms with van der Waals surface area (Å²) in [5.74, 6) is -0.0798. The van der Waals surface area contributed by atoms with Crippen LogP contribution in [0.25, 0.3) is 10.2 Å². The minimum Gasteiger partial charge on any atom is -0.326 e. The van der Waals surface area contributed by atoms with Crippen molar-refractivity contribution in [1.82, 2.24) is 4.98 Å². The van der Waals surface area contributed by atoms with Crippen LogP contribution in [0.5, 0.6) is 0 Å². The van der Waals surface area contributed by atoms with Gasteiger partial charge in [0.2, 0.25) is 5.91 Å². The van der Waals surface area contributed by atoms with Crippen LogP contribution in [0.1, 0.15) is 27.7 Å². The zero-order chi connectivity index (χ0) is 14.3. The summed E-state index contributed by atoms with van der Waals surface area (Å²) in [6.07, 6.45) is 0. The van der Waals surface area contributed by atoms with Crippen LogP contribution in [-0.4, -0.2) is 16.4 Å². The molecule has 0 unspecified atom stereocenters. The molecule has 0 aliphatic carbocycles. The van der Waals surface area contributed by atoms with E-state index in [1.54, 1.807) is 16.8 Å². The molecule has 19 heavy (non-hydrogen) atoms. The Bertz CT molecular complexity index is 610. The molecule has 0 radical (unpaired) electrons. The number of anilines is 1. The number of carbonyl (C=O) groups excluding carboxylic acids is 1. The Hall–Kier alpha value is -1.46. The van der Waals surface area contributed by atoms with E-state index in [0.717, 1.165) is 15.9 Å². The minimum absolute atomic E-state index is 0.0798. The third-order valence-electron chi connectivity index (χ3n) is 3.77. The molecule has 1 heterocycles. The quantitative estimate of drug-likeness (QED) is 0.906. The van der Waals surface area contributed by atoms with Crippen LogP contribution in [0.4, 0.5) is 5.69 Å². The Morgan fingerprint density at radius 2 is 2.00 bits per heavy atom. The highest BCUT2D eigenvalue weighted by atomic mass is 32.1. The van der Waals surface area contributed by atoms with Crippen LogP contribution in [0.3, 0.4) is 0 Å². The Morgan fingerprint density at radius 3 is 2.63 bits per heavy atom. The number of benzene rings is 1. The summed E-state index contributed by atoms with van der Waals surface area (Å²) >= 11 is 1.55. The van der Waals surface area contributed by atoms with E-state index >= 15 is 0 Å². The van der Waals surface area contributed by atoms with Crippen molar-refractivity contribution < 1.29 is 4.79 Å². The normalized spacial score (nSPS) is 12.7. The van der Waals surface area contributed by atoms with E-state index in [9.17, 15) is 4.79 Å². The number of nitrogens with one attached hydrogen (secondary N) is 1. The molecule has 0 saturated carbocycles. The number of aromatic nitrogens is 1. The van der Waals surface area contributed by atoms with Crippen molar-refractivity contribution in [2.75, 3.05) is 5.32 Å². The van der Waals surface area contributed by atoms with Crippen LogP contribution in [0.2, 0.25) is 0 Å². The number of hydrogen-bond acceptors (Lipinski definition) is 4. The average molecular weight is 277 g/mol. The molecule has 1 amide bonds. The first-order valence-corrected chi connectivity index (χ1v) is 7.03. The van der Waals surface area contributed by atoms with E-state index < -0.39 is 11.0 Å². The van der Waals surface area contributed by atoms with E-state index in [1.165, 1.54) is 0 Å². The lowest BCUT2D eigenvalue weighted by Crippen LogP contribution is -2.53. The van der Waals surface area contributed by atoms with Crippen LogP contribution >= 0.6 is 11.3 Å². The van der Waals surface area contributed by atoms with Gasteiger partial charge < -0.3 is 11.1 Å². The van der Waals surface area contributed by atoms with Gasteiger partial charge in [0.25, 0.3) is 0 Å². The topological polar surface area (TPSA) is 68.0 Å². The third kappa shape index (κ3) is 2.62. The highest BCUT2D eigenvalue weighted by Crippen LogP contribution is 2.30. The summed E-state index contributed by atoms with van der Waals surface area (Å²) in [5.41, 5.74) is 8.34. The van der Waals surface area contributed by atoms with Gasteiger partial charge in [0.05, 0.1) is 21.1 Å². The van der Waals surface area contributed by atoms with Gasteiger partial charge in [-0.2, -0.15) is 0 Å². The molecular weight excluding hydrogens is 258 g/mol. The summed E-state index contributed by atoms with van der Waals surface area (Å²) in [7, 11) is 0.